The highest BCUT2D eigenvalue weighted by Crippen LogP contribution is 2.32. The van der Waals surface area contributed by atoms with Crippen molar-refractivity contribution in [2.45, 2.75) is 31.3 Å². The van der Waals surface area contributed by atoms with Gasteiger partial charge < -0.3 is 9.80 Å². The SMILES string of the molecule is CN(C)c1ccc(C(=O)N(C2CC2)[C@@H]2CC(=O)NC2=O)cn1. The first kappa shape index (κ1) is 14.5. The van der Waals surface area contributed by atoms with Gasteiger partial charge in [0, 0.05) is 26.3 Å². The number of carbonyl (C=O) groups is 3. The van der Waals surface area contributed by atoms with Crippen LogP contribution in [-0.4, -0.2) is 53.8 Å². The van der Waals surface area contributed by atoms with Crippen LogP contribution in [0.5, 0.6) is 0 Å². The predicted octanol–water partition coefficient (Wildman–Crippen LogP) is 0.167. The number of anilines is 1. The van der Waals surface area contributed by atoms with E-state index in [0.29, 0.717) is 5.56 Å². The summed E-state index contributed by atoms with van der Waals surface area (Å²) in [7, 11) is 3.74. The number of imide groups is 1. The van der Waals surface area contributed by atoms with Crippen molar-refractivity contribution in [1.82, 2.24) is 15.2 Å². The van der Waals surface area contributed by atoms with E-state index in [1.165, 1.54) is 6.20 Å². The molecule has 1 saturated carbocycles. The Bertz CT molecular complexity index is 622. The Morgan fingerprint density at radius 3 is 2.45 bits per heavy atom. The van der Waals surface area contributed by atoms with Crippen molar-refractivity contribution in [2.75, 3.05) is 19.0 Å². The van der Waals surface area contributed by atoms with Crippen molar-refractivity contribution in [1.29, 1.82) is 0 Å². The zero-order valence-electron chi connectivity index (χ0n) is 12.6. The lowest BCUT2D eigenvalue weighted by molar-refractivity contribution is -0.126. The van der Waals surface area contributed by atoms with Crippen LogP contribution < -0.4 is 10.2 Å². The van der Waals surface area contributed by atoms with Crippen LogP contribution in [0.25, 0.3) is 0 Å². The summed E-state index contributed by atoms with van der Waals surface area (Å²) in [6, 6.07) is 2.82. The minimum atomic E-state index is -0.693. The van der Waals surface area contributed by atoms with E-state index in [2.05, 4.69) is 10.3 Å². The van der Waals surface area contributed by atoms with Gasteiger partial charge in [-0.2, -0.15) is 0 Å². The molecule has 3 rings (SSSR count). The number of hydrogen-bond donors (Lipinski definition) is 1. The Morgan fingerprint density at radius 1 is 1.27 bits per heavy atom. The van der Waals surface area contributed by atoms with Gasteiger partial charge in [0.25, 0.3) is 5.91 Å². The molecule has 7 nitrogen and oxygen atoms in total. The molecule has 116 valence electrons. The molecule has 22 heavy (non-hydrogen) atoms. The number of pyridine rings is 1. The molecular weight excluding hydrogens is 284 g/mol. The van der Waals surface area contributed by atoms with Crippen LogP contribution in [0, 0.1) is 0 Å². The van der Waals surface area contributed by atoms with Crippen molar-refractivity contribution in [3.05, 3.63) is 23.9 Å². The molecule has 1 saturated heterocycles. The van der Waals surface area contributed by atoms with E-state index in [4.69, 9.17) is 0 Å². The average molecular weight is 302 g/mol. The second kappa shape index (κ2) is 5.40. The van der Waals surface area contributed by atoms with Gasteiger partial charge in [0.2, 0.25) is 11.8 Å². The maximum atomic E-state index is 12.7. The summed E-state index contributed by atoms with van der Waals surface area (Å²) in [5, 5.41) is 2.27. The molecule has 1 aromatic heterocycles. The number of nitrogens with zero attached hydrogens (tertiary/aromatic N) is 3. The minimum absolute atomic E-state index is 0.0441. The van der Waals surface area contributed by atoms with Gasteiger partial charge >= 0.3 is 0 Å². The Morgan fingerprint density at radius 2 is 2.00 bits per heavy atom. The number of aromatic nitrogens is 1. The first-order chi connectivity index (χ1) is 10.5. The third-order valence-corrected chi connectivity index (χ3v) is 3.91. The van der Waals surface area contributed by atoms with E-state index in [1.54, 1.807) is 17.0 Å². The van der Waals surface area contributed by atoms with Crippen molar-refractivity contribution in [3.8, 4) is 0 Å². The Labute approximate surface area is 128 Å². The summed E-state index contributed by atoms with van der Waals surface area (Å²) in [5.74, 6) is -0.198. The highest BCUT2D eigenvalue weighted by Gasteiger charge is 2.44. The zero-order chi connectivity index (χ0) is 15.9. The van der Waals surface area contributed by atoms with Gasteiger partial charge in [-0.3, -0.25) is 19.7 Å². The number of rotatable bonds is 4. The van der Waals surface area contributed by atoms with Crippen LogP contribution in [0.2, 0.25) is 0 Å². The molecule has 2 heterocycles. The van der Waals surface area contributed by atoms with Gasteiger partial charge in [-0.25, -0.2) is 4.98 Å². The van der Waals surface area contributed by atoms with Crippen LogP contribution >= 0.6 is 0 Å². The summed E-state index contributed by atoms with van der Waals surface area (Å²) in [5.41, 5.74) is 0.435. The minimum Gasteiger partial charge on any atom is -0.363 e. The van der Waals surface area contributed by atoms with Crippen molar-refractivity contribution in [2.24, 2.45) is 0 Å². The number of amides is 3. The molecule has 1 aromatic rings. The van der Waals surface area contributed by atoms with E-state index < -0.39 is 6.04 Å². The molecule has 1 aliphatic carbocycles. The van der Waals surface area contributed by atoms with E-state index in [1.807, 2.05) is 19.0 Å². The average Bonchev–Trinajstić information content (AvgIpc) is 3.25. The lowest BCUT2D eigenvalue weighted by atomic mass is 10.1. The highest BCUT2D eigenvalue weighted by atomic mass is 16.2. The topological polar surface area (TPSA) is 82.6 Å². The summed E-state index contributed by atoms with van der Waals surface area (Å²) in [6.07, 6.45) is 3.30. The molecule has 2 fully saturated rings. The lowest BCUT2D eigenvalue weighted by Crippen LogP contribution is -2.46. The first-order valence-electron chi connectivity index (χ1n) is 7.27. The smallest absolute Gasteiger partial charge is 0.256 e. The standard InChI is InChI=1S/C15H18N4O3/c1-18(2)12-6-3-9(8-16-12)15(22)19(10-4-5-10)11-7-13(20)17-14(11)21/h3,6,8,10-11H,4-5,7H2,1-2H3,(H,17,20,21)/t11-/m1/s1. The largest absolute Gasteiger partial charge is 0.363 e. The number of hydrogen-bond acceptors (Lipinski definition) is 5. The van der Waals surface area contributed by atoms with E-state index in [-0.39, 0.29) is 30.2 Å². The van der Waals surface area contributed by atoms with Crippen LogP contribution in [0.15, 0.2) is 18.3 Å². The molecule has 3 amide bonds. The molecule has 7 heteroatoms. The molecule has 0 unspecified atom stereocenters. The van der Waals surface area contributed by atoms with E-state index in [9.17, 15) is 14.4 Å². The third kappa shape index (κ3) is 2.66. The summed E-state index contributed by atoms with van der Waals surface area (Å²) < 4.78 is 0. The van der Waals surface area contributed by atoms with Crippen LogP contribution in [0.4, 0.5) is 5.82 Å². The summed E-state index contributed by atoms with van der Waals surface area (Å²) in [4.78, 5) is 43.6. The number of nitrogens with one attached hydrogen (secondary N) is 1. The van der Waals surface area contributed by atoms with Crippen molar-refractivity contribution in [3.63, 3.8) is 0 Å². The molecular formula is C15H18N4O3. The maximum absolute atomic E-state index is 12.7. The zero-order valence-corrected chi connectivity index (χ0v) is 12.6. The van der Waals surface area contributed by atoms with Crippen molar-refractivity contribution >= 4 is 23.5 Å². The molecule has 0 aromatic carbocycles. The molecule has 0 spiro atoms. The second-order valence-corrected chi connectivity index (χ2v) is 5.88. The number of carbonyl (C=O) groups excluding carboxylic acids is 3. The van der Waals surface area contributed by atoms with Gasteiger partial charge in [-0.15, -0.1) is 0 Å². The van der Waals surface area contributed by atoms with Crippen LogP contribution in [0.3, 0.4) is 0 Å². The fourth-order valence-electron chi connectivity index (χ4n) is 2.61. The normalized spacial score (nSPS) is 20.7. The van der Waals surface area contributed by atoms with Crippen LogP contribution in [-0.2, 0) is 9.59 Å². The van der Waals surface area contributed by atoms with Gasteiger partial charge in [0.1, 0.15) is 11.9 Å². The van der Waals surface area contributed by atoms with Gasteiger partial charge in [-0.1, -0.05) is 0 Å². The Hall–Kier alpha value is -2.44. The monoisotopic (exact) mass is 302 g/mol. The van der Waals surface area contributed by atoms with Crippen LogP contribution in [0.1, 0.15) is 29.6 Å². The first-order valence-corrected chi connectivity index (χ1v) is 7.27. The van der Waals surface area contributed by atoms with Gasteiger partial charge in [-0.05, 0) is 25.0 Å². The van der Waals surface area contributed by atoms with E-state index in [0.717, 1.165) is 18.7 Å². The molecule has 1 N–H and O–H groups in total. The maximum Gasteiger partial charge on any atom is 0.256 e. The molecule has 1 aliphatic heterocycles. The molecule has 1 atom stereocenters. The summed E-state index contributed by atoms with van der Waals surface area (Å²) >= 11 is 0. The molecule has 2 aliphatic rings. The predicted molar refractivity (Wildman–Crippen MR) is 79.3 cm³/mol. The van der Waals surface area contributed by atoms with E-state index >= 15 is 0 Å². The molecule has 0 radical (unpaired) electrons. The van der Waals surface area contributed by atoms with Crippen molar-refractivity contribution < 1.29 is 14.4 Å². The van der Waals surface area contributed by atoms with Gasteiger partial charge in [0.15, 0.2) is 0 Å². The fourth-order valence-corrected chi connectivity index (χ4v) is 2.61. The lowest BCUT2D eigenvalue weighted by Gasteiger charge is -2.26. The Kier molecular flexibility index (Phi) is 3.56. The highest BCUT2D eigenvalue weighted by molar-refractivity contribution is 6.08. The molecule has 0 bridgehead atoms. The fraction of sp³-hybridized carbons (Fsp3) is 0.467. The Balaban J connectivity index is 1.84. The quantitative estimate of drug-likeness (QED) is 0.802. The third-order valence-electron chi connectivity index (χ3n) is 3.91. The van der Waals surface area contributed by atoms with Gasteiger partial charge in [0.05, 0.1) is 12.0 Å². The summed E-state index contributed by atoms with van der Waals surface area (Å²) in [6.45, 7) is 0. The second-order valence-electron chi connectivity index (χ2n) is 5.88.